The zero-order chi connectivity index (χ0) is 18.4. The minimum atomic E-state index is -0.377. The number of hydrogen-bond donors (Lipinski definition) is 3. The maximum Gasteiger partial charge on any atom is 0.319 e. The number of halogens is 1. The predicted molar refractivity (Wildman–Crippen MR) is 101 cm³/mol. The molecule has 3 rings (SSSR count). The molecule has 26 heavy (non-hydrogen) atoms. The van der Waals surface area contributed by atoms with Crippen LogP contribution in [0.1, 0.15) is 18.4 Å². The minimum absolute atomic E-state index is 0.135. The predicted octanol–water partition coefficient (Wildman–Crippen LogP) is 3.78. The van der Waals surface area contributed by atoms with Gasteiger partial charge in [-0.15, -0.1) is 0 Å². The van der Waals surface area contributed by atoms with Gasteiger partial charge in [-0.05, 0) is 42.7 Å². The third-order valence-electron chi connectivity index (χ3n) is 3.99. The van der Waals surface area contributed by atoms with Gasteiger partial charge in [-0.2, -0.15) is 0 Å². The first-order chi connectivity index (χ1) is 12.6. The normalized spacial score (nSPS) is 16.1. The molecule has 1 heterocycles. The van der Waals surface area contributed by atoms with E-state index in [0.29, 0.717) is 29.5 Å². The first kappa shape index (κ1) is 18.2. The summed E-state index contributed by atoms with van der Waals surface area (Å²) in [5, 5.41) is 8.78. The van der Waals surface area contributed by atoms with Crippen LogP contribution < -0.4 is 16.0 Å². The second-order valence-corrected chi connectivity index (χ2v) is 6.39. The highest BCUT2D eigenvalue weighted by atomic mass is 35.5. The number of urea groups is 1. The molecule has 0 spiro atoms. The number of para-hydroxylation sites is 1. The van der Waals surface area contributed by atoms with Gasteiger partial charge < -0.3 is 20.7 Å². The van der Waals surface area contributed by atoms with Gasteiger partial charge in [-0.25, -0.2) is 4.79 Å². The summed E-state index contributed by atoms with van der Waals surface area (Å²) in [4.78, 5) is 24.1. The van der Waals surface area contributed by atoms with Crippen molar-refractivity contribution in [2.24, 2.45) is 0 Å². The minimum Gasteiger partial charge on any atom is -0.368 e. The Hall–Kier alpha value is -2.57. The molecule has 2 aromatic carbocycles. The maximum absolute atomic E-state index is 12.1. The van der Waals surface area contributed by atoms with Crippen molar-refractivity contribution in [3.05, 3.63) is 59.1 Å². The van der Waals surface area contributed by atoms with Gasteiger partial charge in [0.1, 0.15) is 6.10 Å². The lowest BCUT2D eigenvalue weighted by Gasteiger charge is -2.12. The van der Waals surface area contributed by atoms with E-state index in [2.05, 4.69) is 16.0 Å². The second-order valence-electron chi connectivity index (χ2n) is 5.98. The first-order valence-electron chi connectivity index (χ1n) is 8.42. The zero-order valence-electron chi connectivity index (χ0n) is 14.1. The Kier molecular flexibility index (Phi) is 6.09. The zero-order valence-corrected chi connectivity index (χ0v) is 14.9. The van der Waals surface area contributed by atoms with Gasteiger partial charge in [0.2, 0.25) is 0 Å². The van der Waals surface area contributed by atoms with Gasteiger partial charge in [0.15, 0.2) is 0 Å². The van der Waals surface area contributed by atoms with Gasteiger partial charge in [0.25, 0.3) is 5.91 Å². The molecule has 1 unspecified atom stereocenters. The standard InChI is InChI=1S/C19H20ClN3O3/c20-15-7-1-2-8-16(15)23-19(25)21-12-13-5-3-6-14(11-13)22-18(24)17-9-4-10-26-17/h1-3,5-8,11,17H,4,9-10,12H2,(H,22,24)(H2,21,23,25). The van der Waals surface area contributed by atoms with Crippen molar-refractivity contribution in [1.82, 2.24) is 5.32 Å². The molecule has 2 aromatic rings. The highest BCUT2D eigenvalue weighted by Gasteiger charge is 2.23. The number of benzene rings is 2. The summed E-state index contributed by atoms with van der Waals surface area (Å²) in [6.07, 6.45) is 1.27. The monoisotopic (exact) mass is 373 g/mol. The number of hydrogen-bond acceptors (Lipinski definition) is 3. The molecule has 7 heteroatoms. The van der Waals surface area contributed by atoms with E-state index < -0.39 is 0 Å². The van der Waals surface area contributed by atoms with Crippen LogP contribution in [-0.2, 0) is 16.1 Å². The fraction of sp³-hybridized carbons (Fsp3) is 0.263. The number of rotatable bonds is 5. The average Bonchev–Trinajstić information content (AvgIpc) is 3.17. The molecule has 1 atom stereocenters. The fourth-order valence-electron chi connectivity index (χ4n) is 2.68. The molecule has 1 aliphatic heterocycles. The Morgan fingerprint density at radius 3 is 2.73 bits per heavy atom. The van der Waals surface area contributed by atoms with Crippen LogP contribution in [0.25, 0.3) is 0 Å². The van der Waals surface area contributed by atoms with Crippen LogP contribution >= 0.6 is 11.6 Å². The Labute approximate surface area is 156 Å². The molecule has 1 aliphatic rings. The van der Waals surface area contributed by atoms with E-state index >= 15 is 0 Å². The molecule has 1 fully saturated rings. The highest BCUT2D eigenvalue weighted by molar-refractivity contribution is 6.33. The molecule has 0 aliphatic carbocycles. The number of amides is 3. The molecular formula is C19H20ClN3O3. The van der Waals surface area contributed by atoms with E-state index in [-0.39, 0.29) is 18.0 Å². The summed E-state index contributed by atoms with van der Waals surface area (Å²) in [6.45, 7) is 0.947. The van der Waals surface area contributed by atoms with Crippen molar-refractivity contribution in [3.8, 4) is 0 Å². The topological polar surface area (TPSA) is 79.5 Å². The highest BCUT2D eigenvalue weighted by Crippen LogP contribution is 2.20. The maximum atomic E-state index is 12.1. The summed E-state index contributed by atoms with van der Waals surface area (Å²) in [6, 6.07) is 14.0. The number of ether oxygens (including phenoxy) is 1. The lowest BCUT2D eigenvalue weighted by molar-refractivity contribution is -0.124. The lowest BCUT2D eigenvalue weighted by atomic mass is 10.2. The Morgan fingerprint density at radius 1 is 1.12 bits per heavy atom. The molecule has 136 valence electrons. The number of anilines is 2. The average molecular weight is 374 g/mol. The van der Waals surface area contributed by atoms with E-state index in [1.807, 2.05) is 18.2 Å². The van der Waals surface area contributed by atoms with Crippen LogP contribution in [0.4, 0.5) is 16.2 Å². The summed E-state index contributed by atoms with van der Waals surface area (Å²) in [7, 11) is 0. The summed E-state index contributed by atoms with van der Waals surface area (Å²) >= 11 is 6.02. The molecule has 0 aromatic heterocycles. The van der Waals surface area contributed by atoms with Crippen molar-refractivity contribution < 1.29 is 14.3 Å². The fourth-order valence-corrected chi connectivity index (χ4v) is 2.86. The largest absolute Gasteiger partial charge is 0.368 e. The van der Waals surface area contributed by atoms with Crippen molar-refractivity contribution in [3.63, 3.8) is 0 Å². The van der Waals surface area contributed by atoms with Gasteiger partial charge >= 0.3 is 6.03 Å². The van der Waals surface area contributed by atoms with E-state index in [9.17, 15) is 9.59 Å². The van der Waals surface area contributed by atoms with Gasteiger partial charge in [-0.3, -0.25) is 4.79 Å². The van der Waals surface area contributed by atoms with Crippen molar-refractivity contribution >= 4 is 34.9 Å². The van der Waals surface area contributed by atoms with Gasteiger partial charge in [0, 0.05) is 18.8 Å². The van der Waals surface area contributed by atoms with E-state index in [0.717, 1.165) is 18.4 Å². The van der Waals surface area contributed by atoms with E-state index in [1.54, 1.807) is 30.3 Å². The molecule has 3 amide bonds. The third-order valence-corrected chi connectivity index (χ3v) is 4.32. The van der Waals surface area contributed by atoms with Crippen LogP contribution in [-0.4, -0.2) is 24.6 Å². The molecule has 1 saturated heterocycles. The SMILES string of the molecule is O=C(NCc1cccc(NC(=O)C2CCCO2)c1)Nc1ccccc1Cl. The Bertz CT molecular complexity index is 791. The Balaban J connectivity index is 1.52. The second kappa shape index (κ2) is 8.69. The van der Waals surface area contributed by atoms with Gasteiger partial charge in [0.05, 0.1) is 10.7 Å². The van der Waals surface area contributed by atoms with Crippen LogP contribution in [0.3, 0.4) is 0 Å². The van der Waals surface area contributed by atoms with Crippen molar-refractivity contribution in [2.75, 3.05) is 17.2 Å². The van der Waals surface area contributed by atoms with Crippen molar-refractivity contribution in [1.29, 1.82) is 0 Å². The Morgan fingerprint density at radius 2 is 1.96 bits per heavy atom. The van der Waals surface area contributed by atoms with Crippen LogP contribution in [0, 0.1) is 0 Å². The summed E-state index contributed by atoms with van der Waals surface area (Å²) in [5.41, 5.74) is 2.09. The molecule has 0 bridgehead atoms. The van der Waals surface area contributed by atoms with E-state index in [1.165, 1.54) is 0 Å². The molecule has 0 radical (unpaired) electrons. The quantitative estimate of drug-likeness (QED) is 0.746. The molecule has 0 saturated carbocycles. The lowest BCUT2D eigenvalue weighted by Crippen LogP contribution is -2.28. The summed E-state index contributed by atoms with van der Waals surface area (Å²) < 4.78 is 5.37. The first-order valence-corrected chi connectivity index (χ1v) is 8.80. The number of nitrogens with one attached hydrogen (secondary N) is 3. The van der Waals surface area contributed by atoms with Crippen LogP contribution in [0.2, 0.25) is 5.02 Å². The molecule has 3 N–H and O–H groups in total. The van der Waals surface area contributed by atoms with Crippen LogP contribution in [0.15, 0.2) is 48.5 Å². The van der Waals surface area contributed by atoms with Gasteiger partial charge in [-0.1, -0.05) is 35.9 Å². The van der Waals surface area contributed by atoms with Crippen LogP contribution in [0.5, 0.6) is 0 Å². The number of carbonyl (C=O) groups is 2. The molecule has 6 nitrogen and oxygen atoms in total. The van der Waals surface area contributed by atoms with E-state index in [4.69, 9.17) is 16.3 Å². The smallest absolute Gasteiger partial charge is 0.319 e. The third kappa shape index (κ3) is 4.97. The van der Waals surface area contributed by atoms with Crippen molar-refractivity contribution in [2.45, 2.75) is 25.5 Å². The molecular weight excluding hydrogens is 354 g/mol. The number of carbonyl (C=O) groups excluding carboxylic acids is 2. The summed E-state index contributed by atoms with van der Waals surface area (Å²) in [5.74, 6) is -0.135.